The molecule has 0 amide bonds. The summed E-state index contributed by atoms with van der Waals surface area (Å²) in [5, 5.41) is 0. The second-order valence-corrected chi connectivity index (χ2v) is 4.81. The number of pyridine rings is 1. The number of hydrogen-bond donors (Lipinski definition) is 2. The Labute approximate surface area is 133 Å². The lowest BCUT2D eigenvalue weighted by atomic mass is 10.0. The van der Waals surface area contributed by atoms with Gasteiger partial charge in [0.05, 0.1) is 25.8 Å². The molecule has 2 aromatic heterocycles. The van der Waals surface area contributed by atoms with Gasteiger partial charge in [0.25, 0.3) is 0 Å². The van der Waals surface area contributed by atoms with E-state index in [1.54, 1.807) is 25.4 Å². The second kappa shape index (κ2) is 7.44. The molecular weight excluding hydrogens is 298 g/mol. The number of ether oxygens (including phenoxy) is 2. The van der Waals surface area contributed by atoms with Crippen molar-refractivity contribution in [1.29, 1.82) is 0 Å². The minimum absolute atomic E-state index is 0.171. The van der Waals surface area contributed by atoms with Crippen molar-refractivity contribution in [3.63, 3.8) is 0 Å². The van der Waals surface area contributed by atoms with Crippen LogP contribution in [-0.4, -0.2) is 35.6 Å². The number of H-pyrrole nitrogens is 1. The van der Waals surface area contributed by atoms with Gasteiger partial charge in [-0.3, -0.25) is 9.78 Å². The minimum Gasteiger partial charge on any atom is -0.466 e. The third-order valence-corrected chi connectivity index (χ3v) is 3.34. The molecule has 7 heteroatoms. The number of anilines is 1. The SMILES string of the molecule is CCOC(=O)CCc1[nH]c(C(=O)OC)c(N)c1-c1cccnc1. The molecule has 0 radical (unpaired) electrons. The first-order chi connectivity index (χ1) is 11.1. The molecule has 0 aliphatic heterocycles. The van der Waals surface area contributed by atoms with E-state index in [1.807, 2.05) is 6.07 Å². The fourth-order valence-electron chi connectivity index (χ4n) is 2.32. The van der Waals surface area contributed by atoms with Gasteiger partial charge in [-0.1, -0.05) is 6.07 Å². The quantitative estimate of drug-likeness (QED) is 0.788. The molecule has 0 bridgehead atoms. The lowest BCUT2D eigenvalue weighted by Crippen LogP contribution is -2.06. The standard InChI is InChI=1S/C16H19N3O4/c1-3-23-12(20)7-6-11-13(10-5-4-8-18-9-10)14(17)15(19-11)16(21)22-2/h4-5,8-9,19H,3,6-7,17H2,1-2H3. The van der Waals surface area contributed by atoms with E-state index in [9.17, 15) is 9.59 Å². The van der Waals surface area contributed by atoms with Crippen LogP contribution in [0.3, 0.4) is 0 Å². The van der Waals surface area contributed by atoms with Gasteiger partial charge in [0.2, 0.25) is 0 Å². The predicted molar refractivity (Wildman–Crippen MR) is 84.7 cm³/mol. The number of methoxy groups -OCH3 is 1. The topological polar surface area (TPSA) is 107 Å². The number of nitrogens with zero attached hydrogens (tertiary/aromatic N) is 1. The number of nitrogen functional groups attached to an aromatic ring is 1. The van der Waals surface area contributed by atoms with E-state index in [0.29, 0.717) is 24.3 Å². The van der Waals surface area contributed by atoms with E-state index in [0.717, 1.165) is 5.56 Å². The number of nitrogens with one attached hydrogen (secondary N) is 1. The van der Waals surface area contributed by atoms with Gasteiger partial charge in [-0.05, 0) is 19.4 Å². The number of carbonyl (C=O) groups is 2. The maximum absolute atomic E-state index is 11.8. The van der Waals surface area contributed by atoms with Crippen molar-refractivity contribution in [3.05, 3.63) is 35.9 Å². The van der Waals surface area contributed by atoms with Gasteiger partial charge in [0.15, 0.2) is 0 Å². The maximum Gasteiger partial charge on any atom is 0.356 e. The Morgan fingerprint density at radius 2 is 2.17 bits per heavy atom. The summed E-state index contributed by atoms with van der Waals surface area (Å²) in [4.78, 5) is 30.4. The molecule has 0 aliphatic carbocycles. The van der Waals surface area contributed by atoms with Gasteiger partial charge in [-0.2, -0.15) is 0 Å². The van der Waals surface area contributed by atoms with E-state index in [2.05, 4.69) is 9.97 Å². The van der Waals surface area contributed by atoms with E-state index in [-0.39, 0.29) is 23.8 Å². The Balaban J connectivity index is 2.39. The van der Waals surface area contributed by atoms with Gasteiger partial charge < -0.3 is 20.2 Å². The van der Waals surface area contributed by atoms with Crippen LogP contribution < -0.4 is 5.73 Å². The highest BCUT2D eigenvalue weighted by molar-refractivity contribution is 5.99. The first-order valence-electron chi connectivity index (χ1n) is 7.23. The summed E-state index contributed by atoms with van der Waals surface area (Å²) >= 11 is 0. The fraction of sp³-hybridized carbons (Fsp3) is 0.312. The monoisotopic (exact) mass is 317 g/mol. The normalized spacial score (nSPS) is 10.3. The molecule has 2 aromatic rings. The highest BCUT2D eigenvalue weighted by Gasteiger charge is 2.22. The van der Waals surface area contributed by atoms with Crippen molar-refractivity contribution >= 4 is 17.6 Å². The molecule has 0 saturated heterocycles. The molecule has 2 heterocycles. The van der Waals surface area contributed by atoms with Crippen LogP contribution in [0.5, 0.6) is 0 Å². The molecule has 0 unspecified atom stereocenters. The van der Waals surface area contributed by atoms with E-state index in [1.165, 1.54) is 7.11 Å². The smallest absolute Gasteiger partial charge is 0.356 e. The van der Waals surface area contributed by atoms with Gasteiger partial charge in [0.1, 0.15) is 5.69 Å². The predicted octanol–water partition coefficient (Wildman–Crippen LogP) is 1.94. The first kappa shape index (κ1) is 16.5. The number of nitrogens with two attached hydrogens (primary N) is 1. The lowest BCUT2D eigenvalue weighted by Gasteiger charge is -2.05. The Morgan fingerprint density at radius 1 is 1.39 bits per heavy atom. The summed E-state index contributed by atoms with van der Waals surface area (Å²) in [6.07, 6.45) is 3.84. The molecule has 0 aromatic carbocycles. The highest BCUT2D eigenvalue weighted by Crippen LogP contribution is 2.33. The van der Waals surface area contributed by atoms with Gasteiger partial charge in [-0.25, -0.2) is 4.79 Å². The van der Waals surface area contributed by atoms with Crippen molar-refractivity contribution in [3.8, 4) is 11.1 Å². The molecule has 0 saturated carbocycles. The lowest BCUT2D eigenvalue weighted by molar-refractivity contribution is -0.143. The molecule has 0 atom stereocenters. The third kappa shape index (κ3) is 3.68. The summed E-state index contributed by atoms with van der Waals surface area (Å²) in [6.45, 7) is 2.08. The number of rotatable bonds is 6. The van der Waals surface area contributed by atoms with E-state index < -0.39 is 5.97 Å². The van der Waals surface area contributed by atoms with Crippen molar-refractivity contribution < 1.29 is 19.1 Å². The molecule has 3 N–H and O–H groups in total. The van der Waals surface area contributed by atoms with Crippen LogP contribution >= 0.6 is 0 Å². The zero-order valence-corrected chi connectivity index (χ0v) is 13.1. The Bertz CT molecular complexity index is 695. The van der Waals surface area contributed by atoms with Crippen LogP contribution in [-0.2, 0) is 20.7 Å². The van der Waals surface area contributed by atoms with Gasteiger partial charge >= 0.3 is 11.9 Å². The molecule has 7 nitrogen and oxygen atoms in total. The molecule has 2 rings (SSSR count). The Hall–Kier alpha value is -2.83. The molecular formula is C16H19N3O4. The van der Waals surface area contributed by atoms with E-state index in [4.69, 9.17) is 15.2 Å². The van der Waals surface area contributed by atoms with Crippen LogP contribution in [0.15, 0.2) is 24.5 Å². The summed E-state index contributed by atoms with van der Waals surface area (Å²) < 4.78 is 9.65. The zero-order chi connectivity index (χ0) is 16.8. The van der Waals surface area contributed by atoms with Gasteiger partial charge in [-0.15, -0.1) is 0 Å². The average Bonchev–Trinajstić information content (AvgIpc) is 2.90. The number of carbonyl (C=O) groups excluding carboxylic acids is 2. The second-order valence-electron chi connectivity index (χ2n) is 4.81. The van der Waals surface area contributed by atoms with Crippen molar-refractivity contribution in [2.75, 3.05) is 19.5 Å². The van der Waals surface area contributed by atoms with E-state index >= 15 is 0 Å². The molecule has 0 aliphatic rings. The van der Waals surface area contributed by atoms with Crippen LogP contribution in [0.4, 0.5) is 5.69 Å². The number of aromatic nitrogens is 2. The minimum atomic E-state index is -0.560. The average molecular weight is 317 g/mol. The van der Waals surface area contributed by atoms with Crippen LogP contribution in [0, 0.1) is 0 Å². The van der Waals surface area contributed by atoms with Crippen molar-refractivity contribution in [1.82, 2.24) is 9.97 Å². The largest absolute Gasteiger partial charge is 0.466 e. The maximum atomic E-state index is 11.8. The summed E-state index contributed by atoms with van der Waals surface area (Å²) in [6, 6.07) is 3.61. The molecule has 122 valence electrons. The molecule has 0 fully saturated rings. The number of aryl methyl sites for hydroxylation is 1. The zero-order valence-electron chi connectivity index (χ0n) is 13.1. The number of esters is 2. The summed E-state index contributed by atoms with van der Waals surface area (Å²) in [7, 11) is 1.28. The van der Waals surface area contributed by atoms with Gasteiger partial charge in [0, 0.05) is 29.2 Å². The Morgan fingerprint density at radius 3 is 2.78 bits per heavy atom. The fourth-order valence-corrected chi connectivity index (χ4v) is 2.32. The van der Waals surface area contributed by atoms with Crippen LogP contribution in [0.2, 0.25) is 0 Å². The summed E-state index contributed by atoms with van der Waals surface area (Å²) in [5.74, 6) is -0.868. The Kier molecular flexibility index (Phi) is 5.35. The van der Waals surface area contributed by atoms with Crippen molar-refractivity contribution in [2.45, 2.75) is 19.8 Å². The first-order valence-corrected chi connectivity index (χ1v) is 7.23. The number of hydrogen-bond acceptors (Lipinski definition) is 6. The molecule has 23 heavy (non-hydrogen) atoms. The highest BCUT2D eigenvalue weighted by atomic mass is 16.5. The van der Waals surface area contributed by atoms with Crippen molar-refractivity contribution in [2.24, 2.45) is 0 Å². The third-order valence-electron chi connectivity index (χ3n) is 3.34. The summed E-state index contributed by atoms with van der Waals surface area (Å²) in [5.41, 5.74) is 8.64. The van der Waals surface area contributed by atoms with Crippen LogP contribution in [0.1, 0.15) is 29.5 Å². The number of aromatic amines is 1. The molecule has 0 spiro atoms. The van der Waals surface area contributed by atoms with Crippen LogP contribution in [0.25, 0.3) is 11.1 Å².